The number of nitrogens with one attached hydrogen (secondary N) is 3. The molecule has 27 heavy (non-hydrogen) atoms. The number of benzene rings is 1. The van der Waals surface area contributed by atoms with Crippen LogP contribution >= 0.6 is 24.0 Å². The fraction of sp³-hybridized carbons (Fsp3) is 0.529. The molecule has 0 saturated heterocycles. The lowest BCUT2D eigenvalue weighted by Crippen LogP contribution is -2.42. The molecular weight excluding hydrogens is 465 g/mol. The lowest BCUT2D eigenvalue weighted by Gasteiger charge is -2.19. The highest BCUT2D eigenvalue weighted by atomic mass is 127. The fourth-order valence-corrected chi connectivity index (χ4v) is 1.89. The zero-order chi connectivity index (χ0) is 19.6. The number of carbonyl (C=O) groups is 1. The summed E-state index contributed by atoms with van der Waals surface area (Å²) in [5.74, 6) is 0.594. The Kier molecular flexibility index (Phi) is 11.3. The molecule has 1 amide bonds. The van der Waals surface area contributed by atoms with Gasteiger partial charge in [-0.05, 0) is 33.3 Å². The predicted molar refractivity (Wildman–Crippen MR) is 116 cm³/mol. The van der Waals surface area contributed by atoms with E-state index in [9.17, 15) is 14.9 Å². The largest absolute Gasteiger partial charge is 0.444 e. The Labute approximate surface area is 176 Å². The van der Waals surface area contributed by atoms with Crippen molar-refractivity contribution in [2.75, 3.05) is 19.6 Å². The average molecular weight is 493 g/mol. The topological polar surface area (TPSA) is 118 Å². The van der Waals surface area contributed by atoms with Crippen molar-refractivity contribution in [2.24, 2.45) is 4.99 Å². The zero-order valence-electron chi connectivity index (χ0n) is 16.1. The molecule has 1 aromatic rings. The van der Waals surface area contributed by atoms with Crippen LogP contribution in [0.5, 0.6) is 0 Å². The molecule has 9 nitrogen and oxygen atoms in total. The van der Waals surface area contributed by atoms with Crippen molar-refractivity contribution in [1.29, 1.82) is 0 Å². The molecule has 0 aliphatic heterocycles. The third kappa shape index (κ3) is 11.3. The molecule has 0 aliphatic carbocycles. The molecule has 0 bridgehead atoms. The van der Waals surface area contributed by atoms with Gasteiger partial charge in [0.15, 0.2) is 5.96 Å². The van der Waals surface area contributed by atoms with Crippen LogP contribution < -0.4 is 16.0 Å². The molecule has 0 aliphatic rings. The first-order valence-corrected chi connectivity index (χ1v) is 8.43. The van der Waals surface area contributed by atoms with Crippen LogP contribution in [0.2, 0.25) is 0 Å². The van der Waals surface area contributed by atoms with Crippen molar-refractivity contribution in [1.82, 2.24) is 16.0 Å². The number of aliphatic imine (C=N–C) groups is 1. The predicted octanol–water partition coefficient (Wildman–Crippen LogP) is 2.79. The second kappa shape index (κ2) is 12.3. The number of nitro benzene ring substituents is 1. The molecule has 0 radical (unpaired) electrons. The Morgan fingerprint density at radius 3 is 2.26 bits per heavy atom. The van der Waals surface area contributed by atoms with Crippen LogP contribution in [0.1, 0.15) is 33.3 Å². The average Bonchev–Trinajstić information content (AvgIpc) is 2.55. The molecule has 0 spiro atoms. The van der Waals surface area contributed by atoms with Crippen LogP contribution in [0.15, 0.2) is 29.3 Å². The maximum atomic E-state index is 11.6. The van der Waals surface area contributed by atoms with Gasteiger partial charge in [0.05, 0.1) is 11.5 Å². The number of nitrogens with zero attached hydrogens (tertiary/aromatic N) is 2. The molecule has 3 N–H and O–H groups in total. The molecule has 0 fully saturated rings. The Morgan fingerprint density at radius 2 is 1.74 bits per heavy atom. The van der Waals surface area contributed by atoms with E-state index in [4.69, 9.17) is 4.74 Å². The van der Waals surface area contributed by atoms with Gasteiger partial charge >= 0.3 is 6.09 Å². The lowest BCUT2D eigenvalue weighted by molar-refractivity contribution is -0.384. The number of hydrogen-bond donors (Lipinski definition) is 3. The van der Waals surface area contributed by atoms with Crippen LogP contribution in [-0.2, 0) is 11.3 Å². The molecule has 1 aromatic carbocycles. The number of non-ortho nitro benzene ring substituents is 1. The van der Waals surface area contributed by atoms with E-state index < -0.39 is 16.6 Å². The molecule has 152 valence electrons. The molecule has 1 rings (SSSR count). The Balaban J connectivity index is 0.00000676. The van der Waals surface area contributed by atoms with Gasteiger partial charge < -0.3 is 20.7 Å². The number of hydrogen-bond acceptors (Lipinski definition) is 5. The molecular formula is C17H28IN5O4. The summed E-state index contributed by atoms with van der Waals surface area (Å²) in [5.41, 5.74) is 0.384. The van der Waals surface area contributed by atoms with Crippen LogP contribution in [0.4, 0.5) is 10.5 Å². The van der Waals surface area contributed by atoms with Gasteiger partial charge in [0.25, 0.3) is 5.69 Å². The first kappa shape index (κ1) is 24.9. The monoisotopic (exact) mass is 493 g/mol. The van der Waals surface area contributed by atoms with Crippen molar-refractivity contribution < 1.29 is 14.5 Å². The van der Waals surface area contributed by atoms with Crippen molar-refractivity contribution in [3.63, 3.8) is 0 Å². The molecule has 10 heteroatoms. The molecule has 0 unspecified atom stereocenters. The SMILES string of the molecule is CCNC(=NCc1ccc([N+](=O)[O-])cc1)NCCNC(=O)OC(C)(C)C.I. The van der Waals surface area contributed by atoms with Gasteiger partial charge in [0.1, 0.15) is 5.60 Å². The maximum absolute atomic E-state index is 11.6. The summed E-state index contributed by atoms with van der Waals surface area (Å²) >= 11 is 0. The van der Waals surface area contributed by atoms with Gasteiger partial charge in [-0.25, -0.2) is 9.79 Å². The second-order valence-corrected chi connectivity index (χ2v) is 6.47. The van der Waals surface area contributed by atoms with E-state index in [-0.39, 0.29) is 29.7 Å². The van der Waals surface area contributed by atoms with E-state index in [0.717, 1.165) is 5.56 Å². The summed E-state index contributed by atoms with van der Waals surface area (Å²) in [6.07, 6.45) is -0.466. The van der Waals surface area contributed by atoms with E-state index in [2.05, 4.69) is 20.9 Å². The molecule has 0 aromatic heterocycles. The number of nitro groups is 1. The van der Waals surface area contributed by atoms with Crippen LogP contribution in [0, 0.1) is 10.1 Å². The Hall–Kier alpha value is -2.11. The highest BCUT2D eigenvalue weighted by Crippen LogP contribution is 2.12. The molecule has 0 saturated carbocycles. The van der Waals surface area contributed by atoms with Gasteiger partial charge in [0.2, 0.25) is 0 Å². The summed E-state index contributed by atoms with van der Waals surface area (Å²) in [6.45, 7) is 9.29. The molecule has 0 heterocycles. The summed E-state index contributed by atoms with van der Waals surface area (Å²) in [5, 5.41) is 19.5. The standard InChI is InChI=1S/C17H27N5O4.HI/c1-5-18-15(19-10-11-20-16(23)26-17(2,3)4)21-12-13-6-8-14(9-7-13)22(24)25;/h6-9H,5,10-12H2,1-4H3,(H,20,23)(H2,18,19,21);1H. The van der Waals surface area contributed by atoms with E-state index in [1.165, 1.54) is 12.1 Å². The number of rotatable bonds is 7. The quantitative estimate of drug-likeness (QED) is 0.134. The first-order chi connectivity index (χ1) is 12.2. The molecule has 0 atom stereocenters. The number of amides is 1. The van der Waals surface area contributed by atoms with Crippen molar-refractivity contribution in [2.45, 2.75) is 39.8 Å². The van der Waals surface area contributed by atoms with Crippen LogP contribution in [0.3, 0.4) is 0 Å². The number of guanidine groups is 1. The normalized spacial score (nSPS) is 11.2. The second-order valence-electron chi connectivity index (χ2n) is 6.47. The minimum absolute atomic E-state index is 0. The van der Waals surface area contributed by atoms with E-state index in [1.54, 1.807) is 32.9 Å². The van der Waals surface area contributed by atoms with Crippen molar-refractivity contribution >= 4 is 41.7 Å². The van der Waals surface area contributed by atoms with E-state index in [1.807, 2.05) is 6.92 Å². The highest BCUT2D eigenvalue weighted by molar-refractivity contribution is 14.0. The van der Waals surface area contributed by atoms with Crippen molar-refractivity contribution in [3.05, 3.63) is 39.9 Å². The van der Waals surface area contributed by atoms with Gasteiger partial charge in [-0.1, -0.05) is 12.1 Å². The summed E-state index contributed by atoms with van der Waals surface area (Å²) in [4.78, 5) is 26.2. The smallest absolute Gasteiger partial charge is 0.407 e. The van der Waals surface area contributed by atoms with E-state index in [0.29, 0.717) is 32.1 Å². The summed E-state index contributed by atoms with van der Waals surface area (Å²) in [6, 6.07) is 6.26. The fourth-order valence-electron chi connectivity index (χ4n) is 1.89. The number of ether oxygens (including phenoxy) is 1. The van der Waals surface area contributed by atoms with E-state index >= 15 is 0 Å². The van der Waals surface area contributed by atoms with Gasteiger partial charge in [-0.3, -0.25) is 10.1 Å². The Morgan fingerprint density at radius 1 is 1.15 bits per heavy atom. The minimum atomic E-state index is -0.529. The lowest BCUT2D eigenvalue weighted by atomic mass is 10.2. The number of carbonyl (C=O) groups excluding carboxylic acids is 1. The van der Waals surface area contributed by atoms with Crippen LogP contribution in [-0.4, -0.2) is 42.2 Å². The highest BCUT2D eigenvalue weighted by Gasteiger charge is 2.15. The number of alkyl carbamates (subject to hydrolysis) is 1. The third-order valence-electron chi connectivity index (χ3n) is 3.00. The maximum Gasteiger partial charge on any atom is 0.407 e. The summed E-state index contributed by atoms with van der Waals surface area (Å²) < 4.78 is 5.15. The minimum Gasteiger partial charge on any atom is -0.444 e. The zero-order valence-corrected chi connectivity index (χ0v) is 18.4. The van der Waals surface area contributed by atoms with Gasteiger partial charge in [-0.15, -0.1) is 24.0 Å². The summed E-state index contributed by atoms with van der Waals surface area (Å²) in [7, 11) is 0. The first-order valence-electron chi connectivity index (χ1n) is 8.43. The van der Waals surface area contributed by atoms with Gasteiger partial charge in [0, 0.05) is 31.8 Å². The third-order valence-corrected chi connectivity index (χ3v) is 3.00. The van der Waals surface area contributed by atoms with Crippen molar-refractivity contribution in [3.8, 4) is 0 Å². The Bertz CT molecular complexity index is 629. The van der Waals surface area contributed by atoms with Crippen LogP contribution in [0.25, 0.3) is 0 Å². The number of halogens is 1. The van der Waals surface area contributed by atoms with Gasteiger partial charge in [-0.2, -0.15) is 0 Å².